The lowest BCUT2D eigenvalue weighted by atomic mass is 10.0. The van der Waals surface area contributed by atoms with Crippen LogP contribution in [-0.4, -0.2) is 29.6 Å². The Morgan fingerprint density at radius 2 is 2.00 bits per heavy atom. The van der Waals surface area contributed by atoms with Crippen LogP contribution in [0.15, 0.2) is 42.5 Å². The number of benzene rings is 2. The van der Waals surface area contributed by atoms with E-state index in [1.165, 1.54) is 7.11 Å². The molecule has 0 aromatic heterocycles. The number of carbonyl (C=O) groups excluding carboxylic acids is 1. The van der Waals surface area contributed by atoms with Crippen molar-refractivity contribution >= 4 is 11.6 Å². The first-order valence-corrected chi connectivity index (χ1v) is 7.19. The van der Waals surface area contributed by atoms with Crippen LogP contribution in [0.1, 0.15) is 29.0 Å². The zero-order chi connectivity index (χ0) is 15.7. The van der Waals surface area contributed by atoms with E-state index < -0.39 is 6.17 Å². The fraction of sp³-hybridized carbons (Fsp3) is 0.235. The van der Waals surface area contributed by atoms with E-state index in [0.29, 0.717) is 23.4 Å². The Labute approximate surface area is 129 Å². The van der Waals surface area contributed by atoms with E-state index in [-0.39, 0.29) is 11.7 Å². The zero-order valence-electron chi connectivity index (χ0n) is 12.5. The van der Waals surface area contributed by atoms with E-state index in [1.807, 2.05) is 25.1 Å². The molecule has 114 valence electrons. The van der Waals surface area contributed by atoms with Crippen LogP contribution >= 0.6 is 0 Å². The summed E-state index contributed by atoms with van der Waals surface area (Å²) in [7, 11) is 1.51. The van der Waals surface area contributed by atoms with Crippen LogP contribution in [0.3, 0.4) is 0 Å². The number of methoxy groups -OCH3 is 1. The van der Waals surface area contributed by atoms with E-state index in [9.17, 15) is 9.90 Å². The maximum atomic E-state index is 12.7. The van der Waals surface area contributed by atoms with Gasteiger partial charge in [-0.15, -0.1) is 0 Å². The average molecular weight is 298 g/mol. The van der Waals surface area contributed by atoms with E-state index in [0.717, 1.165) is 5.69 Å². The monoisotopic (exact) mass is 298 g/mol. The lowest BCUT2D eigenvalue weighted by Gasteiger charge is -2.37. The number of phenolic OH excluding ortho intramolecular Hbond substituents is 1. The first-order chi connectivity index (χ1) is 10.7. The number of anilines is 1. The molecular weight excluding hydrogens is 280 g/mol. The highest BCUT2D eigenvalue weighted by Crippen LogP contribution is 2.39. The van der Waals surface area contributed by atoms with Crippen LogP contribution in [0, 0.1) is 0 Å². The molecule has 0 saturated heterocycles. The summed E-state index contributed by atoms with van der Waals surface area (Å²) < 4.78 is 5.16. The summed E-state index contributed by atoms with van der Waals surface area (Å²) in [5.74, 6) is 0.388. The molecule has 0 unspecified atom stereocenters. The molecule has 1 aliphatic rings. The maximum absolute atomic E-state index is 12.7. The molecule has 3 rings (SSSR count). The molecule has 1 atom stereocenters. The first-order valence-electron chi connectivity index (χ1n) is 7.19. The summed E-state index contributed by atoms with van der Waals surface area (Å²) >= 11 is 0. The van der Waals surface area contributed by atoms with Gasteiger partial charge in [0.1, 0.15) is 6.17 Å². The molecule has 0 saturated carbocycles. The van der Waals surface area contributed by atoms with E-state index in [1.54, 1.807) is 29.2 Å². The minimum atomic E-state index is -0.428. The summed E-state index contributed by atoms with van der Waals surface area (Å²) in [6.07, 6.45) is -0.428. The molecular formula is C17H18N2O3. The molecule has 0 aliphatic carbocycles. The summed E-state index contributed by atoms with van der Waals surface area (Å²) in [6.45, 7) is 2.44. The van der Waals surface area contributed by atoms with E-state index in [2.05, 4.69) is 5.32 Å². The fourth-order valence-corrected chi connectivity index (χ4v) is 2.79. The van der Waals surface area contributed by atoms with Crippen molar-refractivity contribution in [2.75, 3.05) is 19.0 Å². The van der Waals surface area contributed by atoms with Crippen molar-refractivity contribution in [3.8, 4) is 11.5 Å². The van der Waals surface area contributed by atoms with Gasteiger partial charge in [0, 0.05) is 17.8 Å². The number of carbonyl (C=O) groups is 1. The van der Waals surface area contributed by atoms with Gasteiger partial charge in [0.2, 0.25) is 0 Å². The topological polar surface area (TPSA) is 61.8 Å². The van der Waals surface area contributed by atoms with Crippen LogP contribution in [0.2, 0.25) is 0 Å². The minimum Gasteiger partial charge on any atom is -0.504 e. The van der Waals surface area contributed by atoms with Gasteiger partial charge in [-0.1, -0.05) is 24.3 Å². The van der Waals surface area contributed by atoms with E-state index in [4.69, 9.17) is 4.74 Å². The number of nitrogens with one attached hydrogen (secondary N) is 1. The summed E-state index contributed by atoms with van der Waals surface area (Å²) in [4.78, 5) is 14.4. The van der Waals surface area contributed by atoms with Crippen molar-refractivity contribution in [2.24, 2.45) is 0 Å². The Morgan fingerprint density at radius 3 is 2.73 bits per heavy atom. The molecule has 1 amide bonds. The van der Waals surface area contributed by atoms with Gasteiger partial charge >= 0.3 is 0 Å². The standard InChI is InChI=1S/C17H18N2O3/c1-3-19-16(12-8-6-10-14(22-2)15(12)20)18-13-9-5-4-7-11(13)17(19)21/h4-10,16,18,20H,3H2,1-2H3/t16-/m1/s1. The highest BCUT2D eigenvalue weighted by atomic mass is 16.5. The number of ether oxygens (including phenoxy) is 1. The van der Waals surface area contributed by atoms with Crippen LogP contribution < -0.4 is 10.1 Å². The van der Waals surface area contributed by atoms with Gasteiger partial charge in [0.25, 0.3) is 5.91 Å². The predicted octanol–water partition coefficient (Wildman–Crippen LogP) is 2.99. The Kier molecular flexibility index (Phi) is 3.63. The summed E-state index contributed by atoms with van der Waals surface area (Å²) in [5.41, 5.74) is 2.02. The van der Waals surface area contributed by atoms with Crippen LogP contribution in [0.25, 0.3) is 0 Å². The number of amides is 1. The Bertz CT molecular complexity index is 715. The van der Waals surface area contributed by atoms with E-state index >= 15 is 0 Å². The normalized spacial score (nSPS) is 16.9. The second-order valence-electron chi connectivity index (χ2n) is 5.08. The Hall–Kier alpha value is -2.69. The number of fused-ring (bicyclic) bond motifs is 1. The lowest BCUT2D eigenvalue weighted by molar-refractivity contribution is 0.0693. The SMILES string of the molecule is CCN1C(=O)c2ccccc2N[C@H]1c1cccc(OC)c1O. The van der Waals surface area contributed by atoms with Crippen molar-refractivity contribution in [1.82, 2.24) is 4.90 Å². The molecule has 2 N–H and O–H groups in total. The molecule has 2 aromatic rings. The number of rotatable bonds is 3. The largest absolute Gasteiger partial charge is 0.504 e. The lowest BCUT2D eigenvalue weighted by Crippen LogP contribution is -2.42. The summed E-state index contributed by atoms with van der Waals surface area (Å²) in [6, 6.07) is 12.7. The van der Waals surface area contributed by atoms with Crippen LogP contribution in [0.4, 0.5) is 5.69 Å². The Morgan fingerprint density at radius 1 is 1.23 bits per heavy atom. The van der Waals surface area contributed by atoms with Gasteiger partial charge in [-0.3, -0.25) is 4.79 Å². The molecule has 1 aliphatic heterocycles. The van der Waals surface area contributed by atoms with Crippen molar-refractivity contribution < 1.29 is 14.6 Å². The third-order valence-corrected chi connectivity index (χ3v) is 3.91. The Balaban J connectivity index is 2.09. The number of hydrogen-bond acceptors (Lipinski definition) is 4. The second kappa shape index (κ2) is 5.60. The molecule has 0 spiro atoms. The molecule has 0 fully saturated rings. The third-order valence-electron chi connectivity index (χ3n) is 3.91. The van der Waals surface area contributed by atoms with Crippen molar-refractivity contribution in [1.29, 1.82) is 0 Å². The molecule has 2 aromatic carbocycles. The van der Waals surface area contributed by atoms with Gasteiger partial charge in [0.05, 0.1) is 12.7 Å². The predicted molar refractivity (Wildman–Crippen MR) is 84.2 cm³/mol. The van der Waals surface area contributed by atoms with Crippen molar-refractivity contribution in [3.05, 3.63) is 53.6 Å². The number of phenols is 1. The van der Waals surface area contributed by atoms with Crippen molar-refractivity contribution in [2.45, 2.75) is 13.1 Å². The highest BCUT2D eigenvalue weighted by Gasteiger charge is 2.33. The van der Waals surface area contributed by atoms with Gasteiger partial charge in [0.15, 0.2) is 11.5 Å². The third kappa shape index (κ3) is 2.15. The first kappa shape index (κ1) is 14.3. The number of hydrogen-bond donors (Lipinski definition) is 2. The molecule has 0 bridgehead atoms. The quantitative estimate of drug-likeness (QED) is 0.914. The molecule has 1 heterocycles. The maximum Gasteiger partial charge on any atom is 0.257 e. The minimum absolute atomic E-state index is 0.0492. The van der Waals surface area contributed by atoms with Crippen LogP contribution in [0.5, 0.6) is 11.5 Å². The highest BCUT2D eigenvalue weighted by molar-refractivity contribution is 6.01. The molecule has 0 radical (unpaired) electrons. The number of nitrogens with zero attached hydrogens (tertiary/aromatic N) is 1. The van der Waals surface area contributed by atoms with Crippen molar-refractivity contribution in [3.63, 3.8) is 0 Å². The fourth-order valence-electron chi connectivity index (χ4n) is 2.79. The average Bonchev–Trinajstić information content (AvgIpc) is 2.55. The second-order valence-corrected chi connectivity index (χ2v) is 5.08. The molecule has 5 heteroatoms. The zero-order valence-corrected chi connectivity index (χ0v) is 12.5. The smallest absolute Gasteiger partial charge is 0.257 e. The van der Waals surface area contributed by atoms with Gasteiger partial charge in [-0.2, -0.15) is 0 Å². The number of aromatic hydroxyl groups is 1. The van der Waals surface area contributed by atoms with Crippen LogP contribution in [-0.2, 0) is 0 Å². The molecule has 22 heavy (non-hydrogen) atoms. The van der Waals surface area contributed by atoms with Gasteiger partial charge in [-0.05, 0) is 25.1 Å². The molecule has 5 nitrogen and oxygen atoms in total. The van der Waals surface area contributed by atoms with Gasteiger partial charge in [-0.25, -0.2) is 0 Å². The summed E-state index contributed by atoms with van der Waals surface area (Å²) in [5, 5.41) is 13.7. The number of para-hydroxylation sites is 2. The van der Waals surface area contributed by atoms with Gasteiger partial charge < -0.3 is 20.1 Å².